The summed E-state index contributed by atoms with van der Waals surface area (Å²) in [4.78, 5) is 0. The van der Waals surface area contributed by atoms with Gasteiger partial charge in [0.25, 0.3) is 0 Å². The third-order valence-electron chi connectivity index (χ3n) is 4.60. The molecule has 0 aromatic carbocycles. The third-order valence-corrected chi connectivity index (χ3v) is 5.66. The zero-order valence-electron chi connectivity index (χ0n) is 15.8. The summed E-state index contributed by atoms with van der Waals surface area (Å²) in [7, 11) is 0.868. The molecule has 0 aromatic heterocycles. The highest BCUT2D eigenvalue weighted by molar-refractivity contribution is 7.42. The van der Waals surface area contributed by atoms with Crippen molar-refractivity contribution in [3.05, 3.63) is 70.1 Å². The van der Waals surface area contributed by atoms with Crippen LogP contribution in [0.3, 0.4) is 0 Å². The second-order valence-electron chi connectivity index (χ2n) is 6.41. The van der Waals surface area contributed by atoms with E-state index in [4.69, 9.17) is 0 Å². The highest BCUT2D eigenvalue weighted by atomic mass is 31.1. The Balaban J connectivity index is 2.83. The van der Waals surface area contributed by atoms with Crippen molar-refractivity contribution in [1.82, 2.24) is 0 Å². The van der Waals surface area contributed by atoms with Gasteiger partial charge in [-0.1, -0.05) is 69.2 Å². The molecule has 0 spiro atoms. The Bertz CT molecular complexity index is 579. The molecule has 23 heavy (non-hydrogen) atoms. The lowest BCUT2D eigenvalue weighted by Crippen LogP contribution is -2.04. The Morgan fingerprint density at radius 1 is 1.39 bits per heavy atom. The molecule has 1 aliphatic carbocycles. The monoisotopic (exact) mass is 328 g/mol. The maximum Gasteiger partial charge on any atom is 0.00178 e. The molecule has 0 N–H and O–H groups in total. The van der Waals surface area contributed by atoms with E-state index >= 15 is 0 Å². The van der Waals surface area contributed by atoms with Crippen molar-refractivity contribution in [2.45, 2.75) is 53.9 Å². The highest BCUT2D eigenvalue weighted by Crippen LogP contribution is 2.31. The van der Waals surface area contributed by atoms with Crippen LogP contribution < -0.4 is 0 Å². The Kier molecular flexibility index (Phi) is 8.56. The summed E-state index contributed by atoms with van der Waals surface area (Å²) in [5.74, 6) is 0.556. The van der Waals surface area contributed by atoms with Crippen LogP contribution in [0.25, 0.3) is 0 Å². The van der Waals surface area contributed by atoms with Gasteiger partial charge >= 0.3 is 0 Å². The number of hydrogen-bond donors (Lipinski definition) is 0. The van der Waals surface area contributed by atoms with Crippen molar-refractivity contribution >= 4 is 8.58 Å². The van der Waals surface area contributed by atoms with Gasteiger partial charge in [-0.25, -0.2) is 0 Å². The van der Waals surface area contributed by atoms with Gasteiger partial charge in [0.1, 0.15) is 0 Å². The van der Waals surface area contributed by atoms with Crippen molar-refractivity contribution in [2.24, 2.45) is 5.92 Å². The topological polar surface area (TPSA) is 0 Å². The smallest absolute Gasteiger partial charge is 0.00178 e. The zero-order valence-corrected chi connectivity index (χ0v) is 16.8. The van der Waals surface area contributed by atoms with E-state index in [0.717, 1.165) is 27.8 Å². The van der Waals surface area contributed by atoms with E-state index in [1.54, 1.807) is 0 Å². The molecular formula is C22H33P. The van der Waals surface area contributed by atoms with Crippen LogP contribution in [-0.4, -0.2) is 6.66 Å². The van der Waals surface area contributed by atoms with E-state index in [2.05, 4.69) is 78.2 Å². The molecule has 0 aliphatic heterocycles. The Morgan fingerprint density at radius 2 is 2.09 bits per heavy atom. The summed E-state index contributed by atoms with van der Waals surface area (Å²) in [6.45, 7) is 17.6. The van der Waals surface area contributed by atoms with Crippen LogP contribution in [0.4, 0.5) is 0 Å². The molecule has 1 rings (SSSR count). The minimum Gasteiger partial charge on any atom is -0.0980 e. The lowest BCUT2D eigenvalue weighted by molar-refractivity contribution is 0.731. The molecule has 0 nitrogen and oxygen atoms in total. The SMILES string of the molecule is C=C(/C=C(/C)C/C(=C\C)C1C=CC(C)=CC1)/C(CC)=C(\C)PC. The van der Waals surface area contributed by atoms with Gasteiger partial charge in [0.2, 0.25) is 0 Å². The summed E-state index contributed by atoms with van der Waals surface area (Å²) >= 11 is 0. The molecule has 0 amide bonds. The Labute approximate surface area is 145 Å². The maximum absolute atomic E-state index is 4.32. The zero-order chi connectivity index (χ0) is 17.4. The third kappa shape index (κ3) is 6.11. The van der Waals surface area contributed by atoms with Gasteiger partial charge in [-0.3, -0.25) is 0 Å². The van der Waals surface area contributed by atoms with Crippen molar-refractivity contribution < 1.29 is 0 Å². The maximum atomic E-state index is 4.32. The molecule has 2 atom stereocenters. The summed E-state index contributed by atoms with van der Waals surface area (Å²) < 4.78 is 0. The van der Waals surface area contributed by atoms with Crippen molar-refractivity contribution in [3.63, 3.8) is 0 Å². The quantitative estimate of drug-likeness (QED) is 0.260. The van der Waals surface area contributed by atoms with Crippen LogP contribution >= 0.6 is 8.58 Å². The molecule has 0 radical (unpaired) electrons. The fourth-order valence-electron chi connectivity index (χ4n) is 3.09. The first-order valence-electron chi connectivity index (χ1n) is 8.66. The molecule has 0 fully saturated rings. The van der Waals surface area contributed by atoms with Crippen LogP contribution in [0.1, 0.15) is 53.9 Å². The lowest BCUT2D eigenvalue weighted by Gasteiger charge is -2.19. The molecule has 0 saturated heterocycles. The molecule has 0 heterocycles. The lowest BCUT2D eigenvalue weighted by atomic mass is 9.86. The van der Waals surface area contributed by atoms with Gasteiger partial charge in [0.05, 0.1) is 0 Å². The molecular weight excluding hydrogens is 295 g/mol. The van der Waals surface area contributed by atoms with Crippen LogP contribution in [0.5, 0.6) is 0 Å². The van der Waals surface area contributed by atoms with Crippen molar-refractivity contribution in [2.75, 3.05) is 6.66 Å². The molecule has 1 heteroatoms. The fourth-order valence-corrected chi connectivity index (χ4v) is 3.73. The first kappa shape index (κ1) is 19.9. The fraction of sp³-hybridized carbons (Fsp3) is 0.455. The van der Waals surface area contributed by atoms with Gasteiger partial charge in [0.15, 0.2) is 0 Å². The minimum absolute atomic E-state index is 0.556. The van der Waals surface area contributed by atoms with Crippen molar-refractivity contribution in [3.8, 4) is 0 Å². The first-order valence-corrected chi connectivity index (χ1v) is 10.2. The van der Waals surface area contributed by atoms with E-state index < -0.39 is 0 Å². The van der Waals surface area contributed by atoms with Crippen LogP contribution in [0, 0.1) is 5.92 Å². The molecule has 126 valence electrons. The molecule has 0 bridgehead atoms. The Hall–Kier alpha value is -1.13. The van der Waals surface area contributed by atoms with Gasteiger partial charge in [-0.05, 0) is 70.1 Å². The number of rotatable bonds is 7. The molecule has 2 unspecified atom stereocenters. The van der Waals surface area contributed by atoms with Gasteiger partial charge < -0.3 is 0 Å². The molecule has 0 saturated carbocycles. The van der Waals surface area contributed by atoms with Crippen LogP contribution in [0.15, 0.2) is 70.1 Å². The van der Waals surface area contributed by atoms with E-state index in [0.29, 0.717) is 5.92 Å². The average Bonchev–Trinajstić information content (AvgIpc) is 2.53. The number of hydrogen-bond acceptors (Lipinski definition) is 0. The second kappa shape index (κ2) is 9.89. The van der Waals surface area contributed by atoms with Crippen LogP contribution in [0.2, 0.25) is 0 Å². The van der Waals surface area contributed by atoms with E-state index in [-0.39, 0.29) is 0 Å². The van der Waals surface area contributed by atoms with Gasteiger partial charge in [-0.2, -0.15) is 0 Å². The van der Waals surface area contributed by atoms with Gasteiger partial charge in [-0.15, -0.1) is 0 Å². The predicted molar refractivity (Wildman–Crippen MR) is 110 cm³/mol. The van der Waals surface area contributed by atoms with Gasteiger partial charge in [0, 0.05) is 5.92 Å². The molecule has 1 aliphatic rings. The predicted octanol–water partition coefficient (Wildman–Crippen LogP) is 7.34. The summed E-state index contributed by atoms with van der Waals surface area (Å²) in [5, 5.41) is 1.49. The number of allylic oxidation sites excluding steroid dienone is 11. The highest BCUT2D eigenvalue weighted by Gasteiger charge is 2.13. The second-order valence-corrected chi connectivity index (χ2v) is 7.66. The Morgan fingerprint density at radius 3 is 2.57 bits per heavy atom. The summed E-state index contributed by atoms with van der Waals surface area (Å²) in [6.07, 6.45) is 14.8. The summed E-state index contributed by atoms with van der Waals surface area (Å²) in [5.41, 5.74) is 6.93. The van der Waals surface area contributed by atoms with Crippen LogP contribution in [-0.2, 0) is 0 Å². The summed E-state index contributed by atoms with van der Waals surface area (Å²) in [6, 6.07) is 0. The van der Waals surface area contributed by atoms with E-state index in [1.165, 1.54) is 33.2 Å². The standard InChI is InChI=1S/C22H33P/c1-8-20(21-12-10-16(3)11-13-21)15-17(4)14-18(5)22(9-2)19(6)23-7/h8,10-12,14,21,23H,5,9,13,15H2,1-4,6-7H3/b17-14-,20-8+,22-19+. The van der Waals surface area contributed by atoms with E-state index in [9.17, 15) is 0 Å². The van der Waals surface area contributed by atoms with E-state index in [1.807, 2.05) is 0 Å². The molecule has 0 aromatic rings. The average molecular weight is 328 g/mol. The minimum atomic E-state index is 0.556. The first-order chi connectivity index (χ1) is 10.9. The largest absolute Gasteiger partial charge is 0.0980 e. The normalized spacial score (nSPS) is 20.8. The van der Waals surface area contributed by atoms with Crippen molar-refractivity contribution in [1.29, 1.82) is 0 Å².